The molecule has 2 rings (SSSR count). The topological polar surface area (TPSA) is 94.9 Å². The number of hydrogen-bond acceptors (Lipinski definition) is 5. The summed E-state index contributed by atoms with van der Waals surface area (Å²) in [5.41, 5.74) is 0.780. The van der Waals surface area contributed by atoms with Crippen LogP contribution in [-0.4, -0.2) is 43.3 Å². The Morgan fingerprint density at radius 2 is 1.79 bits per heavy atom. The van der Waals surface area contributed by atoms with Gasteiger partial charge >= 0.3 is 11.9 Å². The highest BCUT2D eigenvalue weighted by Gasteiger charge is 2.41. The molecule has 8 heteroatoms. The quantitative estimate of drug-likeness (QED) is 0.612. The summed E-state index contributed by atoms with van der Waals surface area (Å²) in [4.78, 5) is 36.3. The van der Waals surface area contributed by atoms with Crippen molar-refractivity contribution in [3.05, 3.63) is 40.3 Å². The summed E-state index contributed by atoms with van der Waals surface area (Å²) in [5, 5.41) is 18.2. The van der Waals surface area contributed by atoms with E-state index in [0.717, 1.165) is 16.7 Å². The zero-order valence-corrected chi connectivity index (χ0v) is 14.6. The molecule has 1 saturated heterocycles. The minimum Gasteiger partial charge on any atom is -0.480 e. The van der Waals surface area contributed by atoms with Crippen molar-refractivity contribution in [3.63, 3.8) is 0 Å². The highest BCUT2D eigenvalue weighted by molar-refractivity contribution is 8.26. The number of carbonyl (C=O) groups excluding carboxylic acids is 1. The van der Waals surface area contributed by atoms with Crippen LogP contribution in [0.4, 0.5) is 0 Å². The smallest absolute Gasteiger partial charge is 0.335 e. The van der Waals surface area contributed by atoms with E-state index in [1.54, 1.807) is 32.1 Å². The molecule has 0 bridgehead atoms. The molecule has 1 aromatic carbocycles. The Balaban J connectivity index is 2.30. The van der Waals surface area contributed by atoms with Gasteiger partial charge < -0.3 is 10.2 Å². The maximum atomic E-state index is 12.5. The van der Waals surface area contributed by atoms with Gasteiger partial charge in [0.25, 0.3) is 5.91 Å². The summed E-state index contributed by atoms with van der Waals surface area (Å²) in [5.74, 6) is -2.88. The van der Waals surface area contributed by atoms with Crippen molar-refractivity contribution in [3.8, 4) is 0 Å². The largest absolute Gasteiger partial charge is 0.480 e. The Labute approximate surface area is 148 Å². The molecule has 0 aliphatic carbocycles. The maximum absolute atomic E-state index is 12.5. The summed E-state index contributed by atoms with van der Waals surface area (Å²) in [7, 11) is 0. The molecule has 24 heavy (non-hydrogen) atoms. The van der Waals surface area contributed by atoms with Crippen molar-refractivity contribution in [1.82, 2.24) is 4.90 Å². The van der Waals surface area contributed by atoms with E-state index in [2.05, 4.69) is 0 Å². The number of aliphatic carboxylic acids is 1. The molecule has 1 atom stereocenters. The van der Waals surface area contributed by atoms with Gasteiger partial charge in [0.15, 0.2) is 0 Å². The second-order valence-electron chi connectivity index (χ2n) is 5.51. The summed E-state index contributed by atoms with van der Waals surface area (Å²) in [6.07, 6.45) is 1.57. The summed E-state index contributed by atoms with van der Waals surface area (Å²) in [6.45, 7) is 3.43. The number of thioether (sulfide) groups is 1. The second kappa shape index (κ2) is 7.14. The van der Waals surface area contributed by atoms with Crippen LogP contribution in [0.25, 0.3) is 6.08 Å². The number of benzene rings is 1. The molecule has 0 spiro atoms. The molecule has 1 aliphatic rings. The lowest BCUT2D eigenvalue weighted by atomic mass is 10.0. The average molecular weight is 365 g/mol. The molecule has 126 valence electrons. The molecule has 0 aromatic heterocycles. The minimum absolute atomic E-state index is 0.144. The lowest BCUT2D eigenvalue weighted by Crippen LogP contribution is -2.47. The van der Waals surface area contributed by atoms with Gasteiger partial charge in [0.1, 0.15) is 10.4 Å². The van der Waals surface area contributed by atoms with Crippen LogP contribution in [0.15, 0.2) is 29.2 Å². The number of thiocarbonyl (C=S) groups is 1. The van der Waals surface area contributed by atoms with Crippen LogP contribution in [0, 0.1) is 5.92 Å². The Morgan fingerprint density at radius 3 is 2.25 bits per heavy atom. The van der Waals surface area contributed by atoms with Crippen molar-refractivity contribution < 1.29 is 24.6 Å². The molecular weight excluding hydrogens is 350 g/mol. The van der Waals surface area contributed by atoms with E-state index in [9.17, 15) is 19.5 Å². The predicted molar refractivity (Wildman–Crippen MR) is 94.7 cm³/mol. The van der Waals surface area contributed by atoms with E-state index in [1.807, 2.05) is 0 Å². The number of carboxylic acids is 2. The Morgan fingerprint density at radius 1 is 1.21 bits per heavy atom. The van der Waals surface area contributed by atoms with E-state index in [1.165, 1.54) is 12.1 Å². The highest BCUT2D eigenvalue weighted by Crippen LogP contribution is 2.35. The van der Waals surface area contributed by atoms with E-state index in [4.69, 9.17) is 17.3 Å². The highest BCUT2D eigenvalue weighted by atomic mass is 32.2. The molecule has 1 heterocycles. The van der Waals surface area contributed by atoms with Crippen molar-refractivity contribution in [1.29, 1.82) is 0 Å². The van der Waals surface area contributed by atoms with Crippen molar-refractivity contribution >= 4 is 52.2 Å². The van der Waals surface area contributed by atoms with Gasteiger partial charge in [-0.05, 0) is 29.7 Å². The first-order chi connectivity index (χ1) is 11.2. The van der Waals surface area contributed by atoms with Gasteiger partial charge in [-0.15, -0.1) is 0 Å². The van der Waals surface area contributed by atoms with E-state index < -0.39 is 23.9 Å². The molecule has 0 unspecified atom stereocenters. The lowest BCUT2D eigenvalue weighted by Gasteiger charge is -2.26. The van der Waals surface area contributed by atoms with Gasteiger partial charge in [0.2, 0.25) is 0 Å². The average Bonchev–Trinajstić information content (AvgIpc) is 2.75. The molecule has 1 aromatic rings. The Bertz CT molecular complexity index is 739. The third-order valence-electron chi connectivity index (χ3n) is 3.44. The van der Waals surface area contributed by atoms with Crippen LogP contribution in [0.3, 0.4) is 0 Å². The number of rotatable bonds is 5. The number of carboxylic acid groups (broad SMARTS) is 2. The SMILES string of the molecule is CC(C)[C@H](C(=O)O)N1C(=O)/C(=C\c2ccc(C(=O)O)cc2)SC1=S. The first kappa shape index (κ1) is 18.2. The summed E-state index contributed by atoms with van der Waals surface area (Å²) < 4.78 is 0.203. The molecule has 6 nitrogen and oxygen atoms in total. The molecule has 1 fully saturated rings. The van der Waals surface area contributed by atoms with Crippen LogP contribution in [0.2, 0.25) is 0 Å². The van der Waals surface area contributed by atoms with Gasteiger partial charge in [-0.3, -0.25) is 9.69 Å². The standard InChI is InChI=1S/C16H15NO5S2/c1-8(2)12(15(21)22)17-13(18)11(24-16(17)23)7-9-3-5-10(6-4-9)14(19)20/h3-8,12H,1-2H3,(H,19,20)(H,21,22)/b11-7+/t12-/m1/s1. The third kappa shape index (κ3) is 3.65. The van der Waals surface area contributed by atoms with Crippen LogP contribution < -0.4 is 0 Å². The normalized spacial score (nSPS) is 17.6. The van der Waals surface area contributed by atoms with E-state index in [-0.39, 0.29) is 15.8 Å². The number of nitrogens with zero attached hydrogens (tertiary/aromatic N) is 1. The fourth-order valence-electron chi connectivity index (χ4n) is 2.29. The fourth-order valence-corrected chi connectivity index (χ4v) is 3.62. The monoisotopic (exact) mass is 365 g/mol. The molecule has 1 amide bonds. The maximum Gasteiger partial charge on any atom is 0.335 e. The first-order valence-electron chi connectivity index (χ1n) is 7.05. The first-order valence-corrected chi connectivity index (χ1v) is 8.28. The summed E-state index contributed by atoms with van der Waals surface area (Å²) in [6, 6.07) is 5.00. The zero-order valence-electron chi connectivity index (χ0n) is 12.9. The van der Waals surface area contributed by atoms with Gasteiger partial charge in [-0.25, -0.2) is 9.59 Å². The third-order valence-corrected chi connectivity index (χ3v) is 4.77. The van der Waals surface area contributed by atoms with Gasteiger partial charge in [-0.2, -0.15) is 0 Å². The molecule has 0 saturated carbocycles. The van der Waals surface area contributed by atoms with Gasteiger partial charge in [0.05, 0.1) is 10.5 Å². The van der Waals surface area contributed by atoms with Crippen LogP contribution in [0.1, 0.15) is 29.8 Å². The fraction of sp³-hybridized carbons (Fsp3) is 0.250. The second-order valence-corrected chi connectivity index (χ2v) is 7.18. The van der Waals surface area contributed by atoms with Gasteiger partial charge in [-0.1, -0.05) is 50.0 Å². The molecule has 2 N–H and O–H groups in total. The molecule has 1 aliphatic heterocycles. The number of amides is 1. The molecule has 0 radical (unpaired) electrons. The van der Waals surface area contributed by atoms with Crippen LogP contribution >= 0.6 is 24.0 Å². The van der Waals surface area contributed by atoms with Gasteiger partial charge in [0, 0.05) is 0 Å². The van der Waals surface area contributed by atoms with E-state index >= 15 is 0 Å². The minimum atomic E-state index is -1.10. The molecular formula is C16H15NO5S2. The Kier molecular flexibility index (Phi) is 5.40. The number of aromatic carboxylic acids is 1. The number of hydrogen-bond donors (Lipinski definition) is 2. The predicted octanol–water partition coefficient (Wildman–Crippen LogP) is 2.70. The summed E-state index contributed by atoms with van der Waals surface area (Å²) >= 11 is 6.21. The zero-order chi connectivity index (χ0) is 18.0. The Hall–Kier alpha value is -2.19. The van der Waals surface area contributed by atoms with Crippen molar-refractivity contribution in [2.75, 3.05) is 0 Å². The van der Waals surface area contributed by atoms with E-state index in [0.29, 0.717) is 10.5 Å². The van der Waals surface area contributed by atoms with Crippen LogP contribution in [0.5, 0.6) is 0 Å². The van der Waals surface area contributed by atoms with Crippen LogP contribution in [-0.2, 0) is 9.59 Å². The number of carbonyl (C=O) groups is 3. The lowest BCUT2D eigenvalue weighted by molar-refractivity contribution is -0.146. The van der Waals surface area contributed by atoms with Crippen molar-refractivity contribution in [2.24, 2.45) is 5.92 Å². The van der Waals surface area contributed by atoms with Crippen molar-refractivity contribution in [2.45, 2.75) is 19.9 Å².